The number of benzene rings is 2. The lowest BCUT2D eigenvalue weighted by molar-refractivity contribution is -0.125. The molecule has 0 bridgehead atoms. The third-order valence-electron chi connectivity index (χ3n) is 4.22. The number of thioether (sulfide) groups is 2. The van der Waals surface area contributed by atoms with E-state index in [1.54, 1.807) is 18.2 Å². The monoisotopic (exact) mass is 511 g/mol. The molecule has 1 heterocycles. The highest BCUT2D eigenvalue weighted by atomic mass is 35.5. The largest absolute Gasteiger partial charge is 0.345 e. The van der Waals surface area contributed by atoms with E-state index in [0.29, 0.717) is 26.6 Å². The molecule has 0 aliphatic rings. The molecule has 0 aliphatic heterocycles. The predicted molar refractivity (Wildman–Crippen MR) is 129 cm³/mol. The van der Waals surface area contributed by atoms with E-state index in [0.717, 1.165) is 15.5 Å². The van der Waals surface area contributed by atoms with Gasteiger partial charge >= 0.3 is 0 Å². The molecule has 0 spiro atoms. The van der Waals surface area contributed by atoms with E-state index in [2.05, 4.69) is 15.5 Å². The lowest BCUT2D eigenvalue weighted by Crippen LogP contribution is -2.42. The molecular formula is C21H19Cl2N3O2S3. The minimum Gasteiger partial charge on any atom is -0.345 e. The number of nitrogens with one attached hydrogen (secondary N) is 1. The summed E-state index contributed by atoms with van der Waals surface area (Å²) in [7, 11) is 0. The van der Waals surface area contributed by atoms with Gasteiger partial charge in [-0.25, -0.2) is 0 Å². The van der Waals surface area contributed by atoms with Gasteiger partial charge in [0.25, 0.3) is 0 Å². The van der Waals surface area contributed by atoms with Crippen LogP contribution in [0.3, 0.4) is 0 Å². The summed E-state index contributed by atoms with van der Waals surface area (Å²) in [4.78, 5) is 24.3. The number of hydrogen-bond donors (Lipinski definition) is 1. The Hall–Kier alpha value is -1.58. The summed E-state index contributed by atoms with van der Waals surface area (Å²) in [6.45, 7) is 1.49. The van der Waals surface area contributed by atoms with Gasteiger partial charge in [0, 0.05) is 15.8 Å². The Morgan fingerprint density at radius 3 is 2.29 bits per heavy atom. The van der Waals surface area contributed by atoms with Crippen molar-refractivity contribution in [2.24, 2.45) is 0 Å². The van der Waals surface area contributed by atoms with Crippen LogP contribution >= 0.6 is 58.1 Å². The molecule has 2 aromatic carbocycles. The number of ketones is 1. The Bertz CT molecular complexity index is 1030. The first kappa shape index (κ1) is 24.1. The maximum atomic E-state index is 12.4. The Morgan fingerprint density at radius 2 is 1.65 bits per heavy atom. The van der Waals surface area contributed by atoms with Gasteiger partial charge in [0.1, 0.15) is 0 Å². The van der Waals surface area contributed by atoms with Crippen molar-refractivity contribution in [3.05, 3.63) is 69.7 Å². The normalized spacial score (nSPS) is 11.8. The topological polar surface area (TPSA) is 72.0 Å². The molecule has 0 unspecified atom stereocenters. The first-order valence-corrected chi connectivity index (χ1v) is 12.8. The highest BCUT2D eigenvalue weighted by Gasteiger charge is 2.18. The number of hydrogen-bond acceptors (Lipinski definition) is 7. The van der Waals surface area contributed by atoms with Crippen molar-refractivity contribution in [1.82, 2.24) is 15.5 Å². The fraction of sp³-hybridized carbons (Fsp3) is 0.238. The van der Waals surface area contributed by atoms with Crippen LogP contribution in [-0.2, 0) is 21.8 Å². The number of carbonyl (C=O) groups is 2. The van der Waals surface area contributed by atoms with Crippen LogP contribution in [0.4, 0.5) is 0 Å². The summed E-state index contributed by atoms with van der Waals surface area (Å²) in [6, 6.07) is 14.5. The van der Waals surface area contributed by atoms with E-state index >= 15 is 0 Å². The number of halogens is 2. The average molecular weight is 513 g/mol. The smallest absolute Gasteiger partial charge is 0.231 e. The minimum atomic E-state index is -0.545. The summed E-state index contributed by atoms with van der Waals surface area (Å²) >= 11 is 16.6. The van der Waals surface area contributed by atoms with Crippen molar-refractivity contribution >= 4 is 69.8 Å². The van der Waals surface area contributed by atoms with Gasteiger partial charge in [-0.1, -0.05) is 94.5 Å². The molecule has 5 nitrogen and oxygen atoms in total. The van der Waals surface area contributed by atoms with Gasteiger partial charge in [-0.2, -0.15) is 0 Å². The molecule has 162 valence electrons. The van der Waals surface area contributed by atoms with Crippen LogP contribution in [0.5, 0.6) is 0 Å². The quantitative estimate of drug-likeness (QED) is 0.360. The fourth-order valence-corrected chi connectivity index (χ4v) is 6.20. The first-order chi connectivity index (χ1) is 14.9. The standard InChI is InChI=1S/C21H19Cl2N3O2S3/c1-13(27)18(10-14-6-3-2-4-7-14)24-19(28)12-30-21-26-25-20(31-21)29-11-15-16(22)8-5-9-17(15)23/h2-9,18H,10-12H2,1H3,(H,24,28)/t18-/m1/s1. The van der Waals surface area contributed by atoms with E-state index in [-0.39, 0.29) is 17.4 Å². The maximum Gasteiger partial charge on any atom is 0.231 e. The summed E-state index contributed by atoms with van der Waals surface area (Å²) in [5, 5.41) is 12.3. The molecule has 3 rings (SSSR count). The fourth-order valence-electron chi connectivity index (χ4n) is 2.63. The number of Topliss-reactive ketones (excluding diaryl/α,β-unsaturated/α-hetero) is 1. The van der Waals surface area contributed by atoms with Crippen LogP contribution < -0.4 is 5.32 Å². The Balaban J connectivity index is 1.49. The van der Waals surface area contributed by atoms with Gasteiger partial charge in [0.2, 0.25) is 5.91 Å². The number of rotatable bonds is 10. The van der Waals surface area contributed by atoms with E-state index in [1.165, 1.54) is 41.8 Å². The summed E-state index contributed by atoms with van der Waals surface area (Å²) in [5.41, 5.74) is 1.85. The molecule has 31 heavy (non-hydrogen) atoms. The summed E-state index contributed by atoms with van der Waals surface area (Å²) < 4.78 is 1.45. The van der Waals surface area contributed by atoms with Gasteiger partial charge in [0.05, 0.1) is 11.8 Å². The van der Waals surface area contributed by atoms with Crippen molar-refractivity contribution in [2.45, 2.75) is 33.8 Å². The molecule has 1 aromatic heterocycles. The number of carbonyl (C=O) groups excluding carboxylic acids is 2. The van der Waals surface area contributed by atoms with Crippen molar-refractivity contribution in [3.8, 4) is 0 Å². The predicted octanol–water partition coefficient (Wildman–Crippen LogP) is 5.55. The maximum absolute atomic E-state index is 12.4. The summed E-state index contributed by atoms with van der Waals surface area (Å²) in [6.07, 6.45) is 0.469. The van der Waals surface area contributed by atoms with Gasteiger partial charge < -0.3 is 5.32 Å². The first-order valence-electron chi connectivity index (χ1n) is 9.28. The Kier molecular flexibility index (Phi) is 9.22. The molecule has 3 aromatic rings. The minimum absolute atomic E-state index is 0.0740. The zero-order chi connectivity index (χ0) is 22.2. The molecule has 0 fully saturated rings. The zero-order valence-electron chi connectivity index (χ0n) is 16.5. The lowest BCUT2D eigenvalue weighted by Gasteiger charge is -2.15. The SMILES string of the molecule is CC(=O)[C@@H](Cc1ccccc1)NC(=O)CSc1nnc(SCc2c(Cl)cccc2Cl)s1. The van der Waals surface area contributed by atoms with Crippen LogP contribution in [0.1, 0.15) is 18.1 Å². The van der Waals surface area contributed by atoms with Crippen LogP contribution in [0.15, 0.2) is 57.2 Å². The van der Waals surface area contributed by atoms with Gasteiger partial charge in [0.15, 0.2) is 14.5 Å². The second kappa shape index (κ2) is 11.9. The molecule has 10 heteroatoms. The van der Waals surface area contributed by atoms with Crippen LogP contribution in [0.25, 0.3) is 0 Å². The van der Waals surface area contributed by atoms with Crippen LogP contribution in [0.2, 0.25) is 10.0 Å². The third kappa shape index (κ3) is 7.50. The molecule has 0 radical (unpaired) electrons. The molecule has 1 amide bonds. The molecule has 0 saturated heterocycles. The average Bonchev–Trinajstić information content (AvgIpc) is 3.20. The lowest BCUT2D eigenvalue weighted by atomic mass is 10.0. The van der Waals surface area contributed by atoms with Crippen molar-refractivity contribution < 1.29 is 9.59 Å². The van der Waals surface area contributed by atoms with Crippen molar-refractivity contribution in [1.29, 1.82) is 0 Å². The number of aromatic nitrogens is 2. The molecule has 0 saturated carbocycles. The van der Waals surface area contributed by atoms with E-state index in [9.17, 15) is 9.59 Å². The van der Waals surface area contributed by atoms with Gasteiger partial charge in [-0.3, -0.25) is 9.59 Å². The molecule has 0 aliphatic carbocycles. The number of amides is 1. The third-order valence-corrected chi connectivity index (χ3v) is 8.15. The van der Waals surface area contributed by atoms with Gasteiger partial charge in [-0.15, -0.1) is 10.2 Å². The number of nitrogens with zero attached hydrogens (tertiary/aromatic N) is 2. The van der Waals surface area contributed by atoms with E-state index in [1.807, 2.05) is 30.3 Å². The summed E-state index contributed by atoms with van der Waals surface area (Å²) in [5.74, 6) is 0.454. The van der Waals surface area contributed by atoms with Crippen molar-refractivity contribution in [3.63, 3.8) is 0 Å². The molecule has 1 N–H and O–H groups in total. The van der Waals surface area contributed by atoms with Crippen molar-refractivity contribution in [2.75, 3.05) is 5.75 Å². The van der Waals surface area contributed by atoms with E-state index in [4.69, 9.17) is 23.2 Å². The van der Waals surface area contributed by atoms with Crippen LogP contribution in [0, 0.1) is 0 Å². The Morgan fingerprint density at radius 1 is 1.00 bits per heavy atom. The van der Waals surface area contributed by atoms with Crippen LogP contribution in [-0.4, -0.2) is 33.7 Å². The second-order valence-electron chi connectivity index (χ2n) is 6.53. The Labute approximate surface area is 203 Å². The van der Waals surface area contributed by atoms with Gasteiger partial charge in [-0.05, 0) is 36.6 Å². The second-order valence-corrected chi connectivity index (χ2v) is 10.8. The molecular weight excluding hydrogens is 493 g/mol. The van der Waals surface area contributed by atoms with E-state index < -0.39 is 6.04 Å². The zero-order valence-corrected chi connectivity index (χ0v) is 20.5. The highest BCUT2D eigenvalue weighted by Crippen LogP contribution is 2.34. The highest BCUT2D eigenvalue weighted by molar-refractivity contribution is 8.03. The molecule has 1 atom stereocenters.